The van der Waals surface area contributed by atoms with E-state index in [0.29, 0.717) is 6.61 Å². The Morgan fingerprint density at radius 2 is 1.69 bits per heavy atom. The molecule has 2 aromatic heterocycles. The summed E-state index contributed by atoms with van der Waals surface area (Å²) in [5.74, 6) is 1.73. The molecule has 5 nitrogen and oxygen atoms in total. The number of ether oxygens (including phenoxy) is 2. The molecule has 5 rings (SSSR count). The number of aromatic amines is 1. The summed E-state index contributed by atoms with van der Waals surface area (Å²) in [4.78, 5) is 7.99. The van der Waals surface area contributed by atoms with Gasteiger partial charge in [0.1, 0.15) is 17.1 Å². The lowest BCUT2D eigenvalue weighted by Crippen LogP contribution is -2.00. The Labute approximate surface area is 205 Å². The summed E-state index contributed by atoms with van der Waals surface area (Å²) < 4.78 is 11.3. The van der Waals surface area contributed by atoms with Crippen molar-refractivity contribution in [1.82, 2.24) is 9.97 Å². The number of aryl methyl sites for hydroxylation is 1. The Kier molecular flexibility index (Phi) is 6.94. The lowest BCUT2D eigenvalue weighted by molar-refractivity contribution is 0.311. The van der Waals surface area contributed by atoms with E-state index in [4.69, 9.17) is 9.47 Å². The molecule has 0 spiro atoms. The average molecular weight is 464 g/mol. The van der Waals surface area contributed by atoms with Crippen molar-refractivity contribution in [3.8, 4) is 22.8 Å². The van der Waals surface area contributed by atoms with Crippen LogP contribution in [0.2, 0.25) is 0 Å². The van der Waals surface area contributed by atoms with Gasteiger partial charge in [-0.05, 0) is 60.4 Å². The van der Waals surface area contributed by atoms with E-state index in [2.05, 4.69) is 69.9 Å². The van der Waals surface area contributed by atoms with Crippen molar-refractivity contribution in [2.24, 2.45) is 0 Å². The van der Waals surface area contributed by atoms with Crippen molar-refractivity contribution in [2.45, 2.75) is 19.4 Å². The van der Waals surface area contributed by atoms with Crippen LogP contribution in [-0.4, -0.2) is 23.7 Å². The molecule has 0 fully saturated rings. The molecule has 5 aromatic rings. The number of aromatic nitrogens is 2. The number of fused-ring (bicyclic) bond motifs is 1. The summed E-state index contributed by atoms with van der Waals surface area (Å²) in [6.45, 7) is 1.40. The Balaban J connectivity index is 1.25. The van der Waals surface area contributed by atoms with Crippen LogP contribution in [0.25, 0.3) is 22.3 Å². The Morgan fingerprint density at radius 3 is 2.51 bits per heavy atom. The zero-order valence-corrected chi connectivity index (χ0v) is 19.8. The van der Waals surface area contributed by atoms with Crippen molar-refractivity contribution in [3.05, 3.63) is 108 Å². The number of H-pyrrole nitrogens is 1. The van der Waals surface area contributed by atoms with Gasteiger partial charge >= 0.3 is 0 Å². The van der Waals surface area contributed by atoms with Crippen LogP contribution < -0.4 is 14.8 Å². The van der Waals surface area contributed by atoms with Gasteiger partial charge in [0.15, 0.2) is 0 Å². The van der Waals surface area contributed by atoms with Crippen LogP contribution in [0.1, 0.15) is 17.5 Å². The molecule has 0 saturated heterocycles. The third-order valence-electron chi connectivity index (χ3n) is 6.04. The number of anilines is 1. The van der Waals surface area contributed by atoms with Crippen molar-refractivity contribution >= 4 is 16.7 Å². The number of rotatable bonds is 10. The lowest BCUT2D eigenvalue weighted by atomic mass is 10.1. The fraction of sp³-hybridized carbons (Fsp3) is 0.167. The minimum atomic E-state index is 0.687. The number of hydrogen-bond acceptors (Lipinski definition) is 4. The highest BCUT2D eigenvalue weighted by Gasteiger charge is 2.09. The highest BCUT2D eigenvalue weighted by atomic mass is 16.5. The quantitative estimate of drug-likeness (QED) is 0.222. The fourth-order valence-electron chi connectivity index (χ4n) is 4.14. The van der Waals surface area contributed by atoms with E-state index in [9.17, 15) is 0 Å². The van der Waals surface area contributed by atoms with Gasteiger partial charge in [-0.15, -0.1) is 0 Å². The summed E-state index contributed by atoms with van der Waals surface area (Å²) in [7, 11) is 1.68. The van der Waals surface area contributed by atoms with Crippen molar-refractivity contribution in [3.63, 3.8) is 0 Å². The number of pyridine rings is 1. The van der Waals surface area contributed by atoms with Gasteiger partial charge in [0, 0.05) is 35.1 Å². The standard InChI is InChI=1S/C30H29N3O2/c1-34-25-14-12-23(13-15-25)21-32-28-16-17-31-30-27(28)20-29(33-30)24-10-5-11-26(19-24)35-18-6-9-22-7-3-2-4-8-22/h2-5,7-8,10-17,19-20H,6,9,18,21H2,1H3,(H2,31,32,33). The molecule has 2 N–H and O–H groups in total. The molecule has 0 atom stereocenters. The normalized spacial score (nSPS) is 10.9. The first kappa shape index (κ1) is 22.5. The van der Waals surface area contributed by atoms with Gasteiger partial charge < -0.3 is 19.8 Å². The first-order valence-corrected chi connectivity index (χ1v) is 11.9. The first-order chi connectivity index (χ1) is 17.3. The Hall–Kier alpha value is -4.25. The molecule has 3 aromatic carbocycles. The van der Waals surface area contributed by atoms with Gasteiger partial charge in [-0.1, -0.05) is 54.6 Å². The lowest BCUT2D eigenvalue weighted by Gasteiger charge is -2.08. The highest BCUT2D eigenvalue weighted by Crippen LogP contribution is 2.30. The molecule has 0 aliphatic rings. The van der Waals surface area contributed by atoms with Crippen LogP contribution in [0.15, 0.2) is 97.2 Å². The van der Waals surface area contributed by atoms with Gasteiger partial charge in [-0.2, -0.15) is 0 Å². The number of methoxy groups -OCH3 is 1. The minimum absolute atomic E-state index is 0.687. The number of nitrogens with zero attached hydrogens (tertiary/aromatic N) is 1. The van der Waals surface area contributed by atoms with E-state index >= 15 is 0 Å². The molecule has 0 aliphatic heterocycles. The Morgan fingerprint density at radius 1 is 0.829 bits per heavy atom. The molecule has 0 saturated carbocycles. The first-order valence-electron chi connectivity index (χ1n) is 11.9. The zero-order valence-electron chi connectivity index (χ0n) is 19.8. The van der Waals surface area contributed by atoms with E-state index in [1.807, 2.05) is 42.6 Å². The van der Waals surface area contributed by atoms with E-state index in [0.717, 1.165) is 58.9 Å². The second-order valence-electron chi connectivity index (χ2n) is 8.47. The van der Waals surface area contributed by atoms with Crippen molar-refractivity contribution < 1.29 is 9.47 Å². The summed E-state index contributed by atoms with van der Waals surface area (Å²) in [5.41, 5.74) is 6.51. The van der Waals surface area contributed by atoms with Crippen LogP contribution in [0.4, 0.5) is 5.69 Å². The van der Waals surface area contributed by atoms with Gasteiger partial charge in [0.25, 0.3) is 0 Å². The predicted octanol–water partition coefficient (Wildman–Crippen LogP) is 6.86. The maximum Gasteiger partial charge on any atom is 0.139 e. The highest BCUT2D eigenvalue weighted by molar-refractivity contribution is 5.93. The predicted molar refractivity (Wildman–Crippen MR) is 142 cm³/mol. The summed E-state index contributed by atoms with van der Waals surface area (Å²) in [6.07, 6.45) is 3.82. The maximum absolute atomic E-state index is 6.04. The van der Waals surface area contributed by atoms with E-state index < -0.39 is 0 Å². The molecule has 2 heterocycles. The summed E-state index contributed by atoms with van der Waals surface area (Å²) in [5, 5.41) is 4.60. The number of hydrogen-bond donors (Lipinski definition) is 2. The average Bonchev–Trinajstić information content (AvgIpc) is 3.36. The smallest absolute Gasteiger partial charge is 0.139 e. The second kappa shape index (κ2) is 10.8. The van der Waals surface area contributed by atoms with E-state index in [1.54, 1.807) is 7.11 Å². The van der Waals surface area contributed by atoms with E-state index in [-0.39, 0.29) is 0 Å². The van der Waals surface area contributed by atoms with Crippen LogP contribution in [0, 0.1) is 0 Å². The monoisotopic (exact) mass is 463 g/mol. The minimum Gasteiger partial charge on any atom is -0.497 e. The molecule has 176 valence electrons. The molecule has 5 heteroatoms. The van der Waals surface area contributed by atoms with Crippen LogP contribution in [-0.2, 0) is 13.0 Å². The summed E-state index contributed by atoms with van der Waals surface area (Å²) in [6, 6.07) is 31.0. The van der Waals surface area contributed by atoms with E-state index in [1.165, 1.54) is 11.1 Å². The van der Waals surface area contributed by atoms with Crippen LogP contribution in [0.5, 0.6) is 11.5 Å². The maximum atomic E-state index is 6.04. The SMILES string of the molecule is COc1ccc(CNc2ccnc3[nH]c(-c4cccc(OCCCc5ccccc5)c4)cc23)cc1. The molecule has 0 radical (unpaired) electrons. The second-order valence-corrected chi connectivity index (χ2v) is 8.47. The third-order valence-corrected chi connectivity index (χ3v) is 6.04. The van der Waals surface area contributed by atoms with Crippen LogP contribution >= 0.6 is 0 Å². The molecule has 0 amide bonds. The molecule has 35 heavy (non-hydrogen) atoms. The van der Waals surface area contributed by atoms with Gasteiger partial charge in [0.05, 0.1) is 13.7 Å². The molecule has 0 bridgehead atoms. The number of benzene rings is 3. The zero-order chi connectivity index (χ0) is 23.9. The van der Waals surface area contributed by atoms with Gasteiger partial charge in [-0.25, -0.2) is 4.98 Å². The topological polar surface area (TPSA) is 59.2 Å². The molecular weight excluding hydrogens is 434 g/mol. The largest absolute Gasteiger partial charge is 0.497 e. The van der Waals surface area contributed by atoms with Crippen molar-refractivity contribution in [1.29, 1.82) is 0 Å². The van der Waals surface area contributed by atoms with Gasteiger partial charge in [0.2, 0.25) is 0 Å². The van der Waals surface area contributed by atoms with Crippen molar-refractivity contribution in [2.75, 3.05) is 19.0 Å². The summed E-state index contributed by atoms with van der Waals surface area (Å²) >= 11 is 0. The van der Waals surface area contributed by atoms with Crippen LogP contribution in [0.3, 0.4) is 0 Å². The third kappa shape index (κ3) is 5.64. The molecule has 0 unspecified atom stereocenters. The Bertz CT molecular complexity index is 1380. The molecular formula is C30H29N3O2. The van der Waals surface area contributed by atoms with Gasteiger partial charge in [-0.3, -0.25) is 0 Å². The fourth-order valence-corrected chi connectivity index (χ4v) is 4.14. The number of nitrogens with one attached hydrogen (secondary N) is 2. The molecule has 0 aliphatic carbocycles.